The molecule has 0 radical (unpaired) electrons. The van der Waals surface area contributed by atoms with Crippen molar-refractivity contribution in [2.75, 3.05) is 12.0 Å². The predicted molar refractivity (Wildman–Crippen MR) is 104 cm³/mol. The van der Waals surface area contributed by atoms with Crippen LogP contribution in [0.4, 0.5) is 5.69 Å². The Hall–Kier alpha value is -3.08. The number of benzene rings is 2. The van der Waals surface area contributed by atoms with Gasteiger partial charge >= 0.3 is 0 Å². The number of methoxy groups -OCH3 is 1. The molecule has 0 saturated carbocycles. The Balaban J connectivity index is 2.19. The van der Waals surface area contributed by atoms with Gasteiger partial charge in [0.1, 0.15) is 5.75 Å². The number of ketones is 1. The van der Waals surface area contributed by atoms with Crippen LogP contribution in [0, 0.1) is 12.8 Å². The van der Waals surface area contributed by atoms with Crippen molar-refractivity contribution in [3.05, 3.63) is 71.0 Å². The lowest BCUT2D eigenvalue weighted by molar-refractivity contribution is -0.119. The lowest BCUT2D eigenvalue weighted by Crippen LogP contribution is -2.32. The molecular formula is C22H23NO4. The average Bonchev–Trinajstić information content (AvgIpc) is 2.92. The highest BCUT2D eigenvalue weighted by Gasteiger charge is 2.45. The molecule has 27 heavy (non-hydrogen) atoms. The predicted octanol–water partition coefficient (Wildman–Crippen LogP) is 4.13. The summed E-state index contributed by atoms with van der Waals surface area (Å²) in [6.07, 6.45) is 0. The molecule has 1 atom stereocenters. The van der Waals surface area contributed by atoms with E-state index >= 15 is 0 Å². The lowest BCUT2D eigenvalue weighted by Gasteiger charge is -2.28. The molecule has 5 heteroatoms. The van der Waals surface area contributed by atoms with Crippen LogP contribution in [0.15, 0.2) is 59.9 Å². The first kappa shape index (κ1) is 18.7. The second-order valence-corrected chi connectivity index (χ2v) is 6.92. The van der Waals surface area contributed by atoms with E-state index in [0.29, 0.717) is 11.4 Å². The van der Waals surface area contributed by atoms with Crippen molar-refractivity contribution in [3.8, 4) is 5.75 Å². The van der Waals surface area contributed by atoms with Gasteiger partial charge in [0, 0.05) is 11.6 Å². The highest BCUT2D eigenvalue weighted by Crippen LogP contribution is 2.42. The zero-order valence-corrected chi connectivity index (χ0v) is 15.9. The minimum atomic E-state index is -0.681. The molecule has 2 aromatic rings. The molecule has 0 bridgehead atoms. The van der Waals surface area contributed by atoms with Crippen molar-refractivity contribution in [2.45, 2.75) is 26.8 Å². The topological polar surface area (TPSA) is 66.8 Å². The van der Waals surface area contributed by atoms with E-state index in [0.717, 1.165) is 11.1 Å². The molecule has 0 aromatic heterocycles. The number of hydrogen-bond donors (Lipinski definition) is 1. The molecule has 1 unspecified atom stereocenters. The maximum absolute atomic E-state index is 12.9. The first-order chi connectivity index (χ1) is 12.9. The van der Waals surface area contributed by atoms with Crippen molar-refractivity contribution >= 4 is 17.4 Å². The Labute approximate surface area is 158 Å². The number of Topliss-reactive ketones (excluding diaryl/α,β-unsaturated/α-hetero) is 1. The minimum absolute atomic E-state index is 0.142. The third kappa shape index (κ3) is 3.21. The number of ether oxygens (including phenoxy) is 1. The van der Waals surface area contributed by atoms with Crippen molar-refractivity contribution in [3.63, 3.8) is 0 Å². The molecule has 0 spiro atoms. The normalized spacial score (nSPS) is 17.0. The molecule has 0 fully saturated rings. The second kappa shape index (κ2) is 7.27. The van der Waals surface area contributed by atoms with E-state index in [-0.39, 0.29) is 17.3 Å². The van der Waals surface area contributed by atoms with E-state index in [1.807, 2.05) is 43.3 Å². The number of aliphatic hydroxyl groups excluding tert-OH is 1. The number of carbonyl (C=O) groups excluding carboxylic acids is 2. The average molecular weight is 365 g/mol. The summed E-state index contributed by atoms with van der Waals surface area (Å²) in [6.45, 7) is 5.41. The van der Waals surface area contributed by atoms with Gasteiger partial charge in [-0.3, -0.25) is 14.5 Å². The molecule has 0 aliphatic carbocycles. The monoisotopic (exact) mass is 365 g/mol. The number of anilines is 1. The van der Waals surface area contributed by atoms with E-state index in [1.54, 1.807) is 33.1 Å². The van der Waals surface area contributed by atoms with Gasteiger partial charge in [0.05, 0.1) is 18.7 Å². The Morgan fingerprint density at radius 1 is 1.11 bits per heavy atom. The van der Waals surface area contributed by atoms with Crippen LogP contribution in [0.5, 0.6) is 5.75 Å². The third-order valence-corrected chi connectivity index (χ3v) is 4.80. The van der Waals surface area contributed by atoms with Gasteiger partial charge in [-0.15, -0.1) is 0 Å². The van der Waals surface area contributed by atoms with Crippen LogP contribution in [-0.4, -0.2) is 23.9 Å². The minimum Gasteiger partial charge on any atom is -0.503 e. The van der Waals surface area contributed by atoms with Gasteiger partial charge in [-0.1, -0.05) is 44.2 Å². The van der Waals surface area contributed by atoms with E-state index in [1.165, 1.54) is 4.90 Å². The fraction of sp³-hybridized carbons (Fsp3) is 0.273. The van der Waals surface area contributed by atoms with Gasteiger partial charge in [0.15, 0.2) is 11.5 Å². The highest BCUT2D eigenvalue weighted by molar-refractivity contribution is 6.17. The number of nitrogens with zero attached hydrogens (tertiary/aromatic N) is 1. The number of hydrogen-bond acceptors (Lipinski definition) is 4. The van der Waals surface area contributed by atoms with Crippen molar-refractivity contribution < 1.29 is 19.4 Å². The molecule has 140 valence electrons. The Morgan fingerprint density at radius 3 is 2.30 bits per heavy atom. The first-order valence-corrected chi connectivity index (χ1v) is 8.87. The van der Waals surface area contributed by atoms with Crippen LogP contribution in [0.25, 0.3) is 0 Å². The van der Waals surface area contributed by atoms with E-state index in [2.05, 4.69) is 0 Å². The number of aliphatic hydroxyl groups is 1. The number of rotatable bonds is 5. The molecule has 0 saturated heterocycles. The van der Waals surface area contributed by atoms with Gasteiger partial charge in [0.2, 0.25) is 0 Å². The quantitative estimate of drug-likeness (QED) is 0.865. The lowest BCUT2D eigenvalue weighted by atomic mass is 9.91. The third-order valence-electron chi connectivity index (χ3n) is 4.80. The number of carbonyl (C=O) groups is 2. The molecular weight excluding hydrogens is 342 g/mol. The van der Waals surface area contributed by atoms with E-state index in [4.69, 9.17) is 4.74 Å². The fourth-order valence-corrected chi connectivity index (χ4v) is 3.35. The van der Waals surface area contributed by atoms with Gasteiger partial charge in [0.25, 0.3) is 5.91 Å². The Bertz CT molecular complexity index is 912. The smallest absolute Gasteiger partial charge is 0.294 e. The maximum Gasteiger partial charge on any atom is 0.294 e. The molecule has 1 N–H and O–H groups in total. The molecule has 1 aliphatic heterocycles. The van der Waals surface area contributed by atoms with Gasteiger partial charge in [-0.25, -0.2) is 0 Å². The molecule has 2 aromatic carbocycles. The van der Waals surface area contributed by atoms with Crippen molar-refractivity contribution in [1.29, 1.82) is 0 Å². The summed E-state index contributed by atoms with van der Waals surface area (Å²) in [5.41, 5.74) is 2.43. The Morgan fingerprint density at radius 2 is 1.74 bits per heavy atom. The molecule has 1 aliphatic rings. The number of para-hydroxylation sites is 1. The zero-order chi connectivity index (χ0) is 19.7. The maximum atomic E-state index is 12.9. The van der Waals surface area contributed by atoms with Crippen LogP contribution in [0.1, 0.15) is 31.0 Å². The van der Waals surface area contributed by atoms with Crippen LogP contribution in [0.2, 0.25) is 0 Å². The standard InChI is InChI=1S/C22H23NO4/c1-13(2)20(24)18-19(15-9-11-16(27-4)12-10-15)23(22(26)21(18)25)17-8-6-5-7-14(17)3/h5-13,19,25H,1-4H3. The number of aryl methyl sites for hydroxylation is 1. The SMILES string of the molecule is COc1ccc(C2C(C(=O)C(C)C)=C(O)C(=O)N2c2ccccc2C)cc1. The number of amides is 1. The molecule has 1 amide bonds. The van der Waals surface area contributed by atoms with Crippen molar-refractivity contribution in [2.24, 2.45) is 5.92 Å². The molecule has 1 heterocycles. The summed E-state index contributed by atoms with van der Waals surface area (Å²) in [5.74, 6) is -0.937. The van der Waals surface area contributed by atoms with Crippen LogP contribution >= 0.6 is 0 Å². The van der Waals surface area contributed by atoms with E-state index in [9.17, 15) is 14.7 Å². The Kier molecular flexibility index (Phi) is 5.04. The van der Waals surface area contributed by atoms with Crippen LogP contribution in [-0.2, 0) is 9.59 Å². The summed E-state index contributed by atoms with van der Waals surface area (Å²) < 4.78 is 5.21. The largest absolute Gasteiger partial charge is 0.503 e. The van der Waals surface area contributed by atoms with Crippen molar-refractivity contribution in [1.82, 2.24) is 0 Å². The summed E-state index contributed by atoms with van der Waals surface area (Å²) in [6, 6.07) is 13.9. The van der Waals surface area contributed by atoms with Crippen LogP contribution in [0.3, 0.4) is 0 Å². The summed E-state index contributed by atoms with van der Waals surface area (Å²) in [4.78, 5) is 27.3. The summed E-state index contributed by atoms with van der Waals surface area (Å²) in [5, 5.41) is 10.6. The van der Waals surface area contributed by atoms with Gasteiger partial charge in [-0.2, -0.15) is 0 Å². The first-order valence-electron chi connectivity index (χ1n) is 8.87. The van der Waals surface area contributed by atoms with Crippen LogP contribution < -0.4 is 9.64 Å². The fourth-order valence-electron chi connectivity index (χ4n) is 3.35. The van der Waals surface area contributed by atoms with E-state index < -0.39 is 17.7 Å². The van der Waals surface area contributed by atoms with Gasteiger partial charge < -0.3 is 9.84 Å². The van der Waals surface area contributed by atoms with Gasteiger partial charge in [-0.05, 0) is 36.2 Å². The highest BCUT2D eigenvalue weighted by atomic mass is 16.5. The molecule has 5 nitrogen and oxygen atoms in total. The summed E-state index contributed by atoms with van der Waals surface area (Å²) >= 11 is 0. The summed E-state index contributed by atoms with van der Waals surface area (Å²) in [7, 11) is 1.58. The molecule has 3 rings (SSSR count). The second-order valence-electron chi connectivity index (χ2n) is 6.92. The zero-order valence-electron chi connectivity index (χ0n) is 15.9.